The Morgan fingerprint density at radius 1 is 1.32 bits per heavy atom. The van der Waals surface area contributed by atoms with Gasteiger partial charge in [0.2, 0.25) is 0 Å². The van der Waals surface area contributed by atoms with Crippen LogP contribution < -0.4 is 11.0 Å². The molecule has 0 radical (unpaired) electrons. The molecule has 0 saturated heterocycles. The molecule has 0 aromatic carbocycles. The molecule has 2 aromatic rings. The van der Waals surface area contributed by atoms with E-state index in [0.717, 1.165) is 37.2 Å². The SMILES string of the molecule is Cc1cc(C(=O)N[C@@H]2CCCC[C@@H]2Cc2nn(C)c(=O)n2C)ccn1. The van der Waals surface area contributed by atoms with Gasteiger partial charge in [-0.05, 0) is 37.8 Å². The van der Waals surface area contributed by atoms with Crippen molar-refractivity contribution in [1.82, 2.24) is 24.6 Å². The van der Waals surface area contributed by atoms with E-state index in [1.807, 2.05) is 6.92 Å². The van der Waals surface area contributed by atoms with Gasteiger partial charge >= 0.3 is 5.69 Å². The molecule has 134 valence electrons. The molecule has 3 rings (SSSR count). The van der Waals surface area contributed by atoms with Gasteiger partial charge in [0.25, 0.3) is 5.91 Å². The van der Waals surface area contributed by atoms with Crippen LogP contribution in [0.5, 0.6) is 0 Å². The normalized spacial score (nSPS) is 20.4. The Kier molecular flexibility index (Phi) is 5.01. The van der Waals surface area contributed by atoms with E-state index in [1.165, 1.54) is 4.68 Å². The van der Waals surface area contributed by atoms with Crippen molar-refractivity contribution >= 4 is 5.91 Å². The second-order valence-corrected chi connectivity index (χ2v) is 6.90. The van der Waals surface area contributed by atoms with E-state index in [2.05, 4.69) is 15.4 Å². The first kappa shape index (κ1) is 17.4. The number of aromatic nitrogens is 4. The van der Waals surface area contributed by atoms with E-state index in [-0.39, 0.29) is 17.6 Å². The molecule has 2 heterocycles. The molecule has 0 unspecified atom stereocenters. The number of rotatable bonds is 4. The van der Waals surface area contributed by atoms with Crippen LogP contribution in [-0.4, -0.2) is 31.3 Å². The fourth-order valence-corrected chi connectivity index (χ4v) is 3.60. The molecule has 1 fully saturated rings. The highest BCUT2D eigenvalue weighted by Gasteiger charge is 2.28. The van der Waals surface area contributed by atoms with Gasteiger partial charge in [-0.15, -0.1) is 0 Å². The summed E-state index contributed by atoms with van der Waals surface area (Å²) in [6, 6.07) is 3.64. The number of nitrogens with zero attached hydrogens (tertiary/aromatic N) is 4. The van der Waals surface area contributed by atoms with Crippen LogP contribution in [0, 0.1) is 12.8 Å². The number of nitrogens with one attached hydrogen (secondary N) is 1. The largest absolute Gasteiger partial charge is 0.349 e. The van der Waals surface area contributed by atoms with Crippen LogP contribution in [0.2, 0.25) is 0 Å². The maximum absolute atomic E-state index is 12.6. The molecule has 7 heteroatoms. The first-order valence-electron chi connectivity index (χ1n) is 8.78. The zero-order valence-electron chi connectivity index (χ0n) is 15.0. The lowest BCUT2D eigenvalue weighted by molar-refractivity contribution is 0.0904. The smallest absolute Gasteiger partial charge is 0.345 e. The third-order valence-corrected chi connectivity index (χ3v) is 5.05. The van der Waals surface area contributed by atoms with Gasteiger partial charge in [-0.2, -0.15) is 5.10 Å². The molecule has 1 aliphatic rings. The van der Waals surface area contributed by atoms with Gasteiger partial charge in [-0.1, -0.05) is 12.8 Å². The maximum Gasteiger partial charge on any atom is 0.345 e. The summed E-state index contributed by atoms with van der Waals surface area (Å²) in [5, 5.41) is 7.52. The molecular weight excluding hydrogens is 318 g/mol. The summed E-state index contributed by atoms with van der Waals surface area (Å²) in [5.74, 6) is 1.01. The van der Waals surface area contributed by atoms with Gasteiger partial charge in [0.1, 0.15) is 5.82 Å². The minimum absolute atomic E-state index is 0.0580. The Bertz CT molecular complexity index is 823. The highest BCUT2D eigenvalue weighted by Crippen LogP contribution is 2.27. The number of aryl methyl sites for hydroxylation is 2. The van der Waals surface area contributed by atoms with Crippen molar-refractivity contribution in [3.63, 3.8) is 0 Å². The van der Waals surface area contributed by atoms with Crippen LogP contribution in [0.3, 0.4) is 0 Å². The summed E-state index contributed by atoms with van der Waals surface area (Å²) >= 11 is 0. The molecule has 7 nitrogen and oxygen atoms in total. The fourth-order valence-electron chi connectivity index (χ4n) is 3.60. The first-order chi connectivity index (χ1) is 12.0. The van der Waals surface area contributed by atoms with Crippen molar-refractivity contribution < 1.29 is 4.79 Å². The highest BCUT2D eigenvalue weighted by atomic mass is 16.2. The van der Waals surface area contributed by atoms with E-state index >= 15 is 0 Å². The van der Waals surface area contributed by atoms with Crippen LogP contribution in [0.15, 0.2) is 23.1 Å². The molecule has 0 spiro atoms. The number of hydrogen-bond donors (Lipinski definition) is 1. The van der Waals surface area contributed by atoms with E-state index in [4.69, 9.17) is 0 Å². The van der Waals surface area contributed by atoms with Gasteiger partial charge in [-0.3, -0.25) is 14.3 Å². The molecule has 0 aliphatic heterocycles. The fraction of sp³-hybridized carbons (Fsp3) is 0.556. The minimum Gasteiger partial charge on any atom is -0.349 e. The summed E-state index contributed by atoms with van der Waals surface area (Å²) in [4.78, 5) is 28.6. The van der Waals surface area contributed by atoms with Crippen LogP contribution >= 0.6 is 0 Å². The van der Waals surface area contributed by atoms with Crippen molar-refractivity contribution in [1.29, 1.82) is 0 Å². The Morgan fingerprint density at radius 2 is 2.08 bits per heavy atom. The lowest BCUT2D eigenvalue weighted by Gasteiger charge is -2.32. The number of pyridine rings is 1. The molecular formula is C18H25N5O2. The maximum atomic E-state index is 12.6. The van der Waals surface area contributed by atoms with Gasteiger partial charge in [0, 0.05) is 44.0 Å². The molecule has 2 atom stereocenters. The second-order valence-electron chi connectivity index (χ2n) is 6.90. The Labute approximate surface area is 147 Å². The molecule has 1 saturated carbocycles. The quantitative estimate of drug-likeness (QED) is 0.909. The zero-order chi connectivity index (χ0) is 18.0. The third-order valence-electron chi connectivity index (χ3n) is 5.05. The predicted octanol–water partition coefficient (Wildman–Crippen LogP) is 1.35. The van der Waals surface area contributed by atoms with Gasteiger partial charge in [0.15, 0.2) is 0 Å². The summed E-state index contributed by atoms with van der Waals surface area (Å²) in [6.45, 7) is 1.88. The first-order valence-corrected chi connectivity index (χ1v) is 8.78. The summed E-state index contributed by atoms with van der Waals surface area (Å²) < 4.78 is 2.96. The average Bonchev–Trinajstić information content (AvgIpc) is 2.83. The van der Waals surface area contributed by atoms with Crippen molar-refractivity contribution in [2.75, 3.05) is 0 Å². The zero-order valence-corrected chi connectivity index (χ0v) is 15.0. The average molecular weight is 343 g/mol. The topological polar surface area (TPSA) is 81.8 Å². The molecule has 1 aliphatic carbocycles. The Hall–Kier alpha value is -2.44. The van der Waals surface area contributed by atoms with E-state index < -0.39 is 0 Å². The van der Waals surface area contributed by atoms with Crippen molar-refractivity contribution in [3.8, 4) is 0 Å². The van der Waals surface area contributed by atoms with Gasteiger partial charge in [0.05, 0.1) is 0 Å². The number of amides is 1. The van der Waals surface area contributed by atoms with Gasteiger partial charge < -0.3 is 5.32 Å². The van der Waals surface area contributed by atoms with E-state index in [9.17, 15) is 9.59 Å². The van der Waals surface area contributed by atoms with Crippen LogP contribution in [0.25, 0.3) is 0 Å². The van der Waals surface area contributed by atoms with Crippen LogP contribution in [-0.2, 0) is 20.5 Å². The van der Waals surface area contributed by atoms with Crippen molar-refractivity contribution in [2.45, 2.75) is 45.1 Å². The lowest BCUT2D eigenvalue weighted by Crippen LogP contribution is -2.43. The summed E-state index contributed by atoms with van der Waals surface area (Å²) in [7, 11) is 3.42. The monoisotopic (exact) mass is 343 g/mol. The van der Waals surface area contributed by atoms with Crippen molar-refractivity contribution in [3.05, 3.63) is 45.9 Å². The Morgan fingerprint density at radius 3 is 2.76 bits per heavy atom. The number of hydrogen-bond acceptors (Lipinski definition) is 4. The Balaban J connectivity index is 1.73. The number of carbonyl (C=O) groups is 1. The molecule has 1 N–H and O–H groups in total. The third kappa shape index (κ3) is 3.81. The highest BCUT2D eigenvalue weighted by molar-refractivity contribution is 5.94. The predicted molar refractivity (Wildman–Crippen MR) is 94.3 cm³/mol. The van der Waals surface area contributed by atoms with E-state index in [1.54, 1.807) is 37.0 Å². The van der Waals surface area contributed by atoms with Crippen LogP contribution in [0.1, 0.15) is 47.6 Å². The minimum atomic E-state index is -0.112. The summed E-state index contributed by atoms with van der Waals surface area (Å²) in [5.41, 5.74) is 1.36. The standard InChI is InChI=1S/C18H25N5O2/c1-12-10-14(8-9-19-12)17(24)20-15-7-5-4-6-13(15)11-16-21-23(3)18(25)22(16)2/h8-10,13,15H,4-7,11H2,1-3H3,(H,20,24)/t13-,15-/m1/s1. The van der Waals surface area contributed by atoms with Crippen molar-refractivity contribution in [2.24, 2.45) is 20.0 Å². The molecule has 0 bridgehead atoms. The lowest BCUT2D eigenvalue weighted by atomic mass is 9.82. The molecule has 2 aromatic heterocycles. The molecule has 1 amide bonds. The van der Waals surface area contributed by atoms with Gasteiger partial charge in [-0.25, -0.2) is 9.48 Å². The second kappa shape index (κ2) is 7.21. The molecule has 25 heavy (non-hydrogen) atoms. The van der Waals surface area contributed by atoms with E-state index in [0.29, 0.717) is 17.9 Å². The number of carbonyl (C=O) groups excluding carboxylic acids is 1. The van der Waals surface area contributed by atoms with Crippen LogP contribution in [0.4, 0.5) is 0 Å². The summed E-state index contributed by atoms with van der Waals surface area (Å²) in [6.07, 6.45) is 6.61.